The molecule has 6 nitrogen and oxygen atoms in total. The number of fused-ring (bicyclic) bond motifs is 1. The van der Waals surface area contributed by atoms with Crippen LogP contribution < -0.4 is 4.90 Å². The number of para-hydroxylation sites is 1. The summed E-state index contributed by atoms with van der Waals surface area (Å²) in [6, 6.07) is 7.26. The summed E-state index contributed by atoms with van der Waals surface area (Å²) in [5.41, 5.74) is 1.37. The van der Waals surface area contributed by atoms with Crippen molar-refractivity contribution in [2.45, 2.75) is 33.1 Å². The predicted molar refractivity (Wildman–Crippen MR) is 85.7 cm³/mol. The van der Waals surface area contributed by atoms with Crippen LogP contribution in [0.1, 0.15) is 32.8 Å². The Morgan fingerprint density at radius 2 is 1.87 bits per heavy atom. The minimum Gasteiger partial charge on any atom is -0.449 e. The minimum absolute atomic E-state index is 0.168. The van der Waals surface area contributed by atoms with Crippen molar-refractivity contribution in [3.63, 3.8) is 0 Å². The maximum absolute atomic E-state index is 12.5. The molecule has 1 aliphatic heterocycles. The lowest BCUT2D eigenvalue weighted by atomic mass is 10.1. The summed E-state index contributed by atoms with van der Waals surface area (Å²) in [4.78, 5) is 25.6. The fraction of sp³-hybridized carbons (Fsp3) is 0.412. The Balaban J connectivity index is 2.54. The molecule has 0 radical (unpaired) electrons. The van der Waals surface area contributed by atoms with Gasteiger partial charge in [-0.25, -0.2) is 9.69 Å². The van der Waals surface area contributed by atoms with Gasteiger partial charge in [0.2, 0.25) is 0 Å². The summed E-state index contributed by atoms with van der Waals surface area (Å²) in [6.45, 7) is 5.60. The summed E-state index contributed by atoms with van der Waals surface area (Å²) >= 11 is 0. The lowest BCUT2D eigenvalue weighted by Gasteiger charge is -2.41. The quantitative estimate of drug-likeness (QED) is 0.615. The van der Waals surface area contributed by atoms with Crippen LogP contribution >= 0.6 is 0 Å². The Hall–Kier alpha value is -2.34. The molecule has 1 amide bonds. The molecule has 1 atom stereocenters. The van der Waals surface area contributed by atoms with Crippen molar-refractivity contribution >= 4 is 23.8 Å². The van der Waals surface area contributed by atoms with Crippen molar-refractivity contribution in [2.24, 2.45) is 0 Å². The highest BCUT2D eigenvalue weighted by Crippen LogP contribution is 2.37. The second-order valence-corrected chi connectivity index (χ2v) is 4.82. The summed E-state index contributed by atoms with van der Waals surface area (Å²) in [6.07, 6.45) is 2.86. The molecule has 0 saturated carbocycles. The number of amides is 1. The Kier molecular flexibility index (Phi) is 5.39. The first-order valence-electron chi connectivity index (χ1n) is 7.69. The van der Waals surface area contributed by atoms with Crippen LogP contribution in [0.3, 0.4) is 0 Å². The van der Waals surface area contributed by atoms with Crippen molar-refractivity contribution in [2.75, 3.05) is 18.1 Å². The fourth-order valence-electron chi connectivity index (χ4n) is 2.35. The van der Waals surface area contributed by atoms with Crippen LogP contribution in [0.2, 0.25) is 0 Å². The number of anilines is 1. The van der Waals surface area contributed by atoms with Gasteiger partial charge in [-0.3, -0.25) is 4.79 Å². The molecule has 1 aromatic carbocycles. The van der Waals surface area contributed by atoms with Gasteiger partial charge in [0, 0.05) is 12.5 Å². The minimum atomic E-state index is -1.64. The molecular weight excluding hydrogens is 298 g/mol. The lowest BCUT2D eigenvalue weighted by Crippen LogP contribution is -2.57. The van der Waals surface area contributed by atoms with Crippen LogP contribution in [0, 0.1) is 0 Å². The van der Waals surface area contributed by atoms with Gasteiger partial charge in [0.25, 0.3) is 0 Å². The van der Waals surface area contributed by atoms with E-state index in [1.807, 2.05) is 12.1 Å². The van der Waals surface area contributed by atoms with E-state index < -0.39 is 18.0 Å². The van der Waals surface area contributed by atoms with Gasteiger partial charge in [0.05, 0.1) is 18.9 Å². The lowest BCUT2D eigenvalue weighted by molar-refractivity contribution is -0.205. The molecule has 0 N–H and O–H groups in total. The molecule has 1 unspecified atom stereocenters. The van der Waals surface area contributed by atoms with Crippen LogP contribution in [-0.2, 0) is 19.0 Å². The van der Waals surface area contributed by atoms with Gasteiger partial charge in [0.1, 0.15) is 0 Å². The number of esters is 1. The van der Waals surface area contributed by atoms with Gasteiger partial charge in [-0.1, -0.05) is 25.1 Å². The molecule has 23 heavy (non-hydrogen) atoms. The zero-order valence-electron chi connectivity index (χ0n) is 13.6. The molecule has 124 valence electrons. The average Bonchev–Trinajstić information content (AvgIpc) is 2.55. The van der Waals surface area contributed by atoms with Crippen molar-refractivity contribution in [1.29, 1.82) is 0 Å². The molecule has 2 rings (SSSR count). The molecule has 1 heterocycles. The number of ether oxygens (including phenoxy) is 3. The zero-order chi connectivity index (χ0) is 16.9. The first-order chi connectivity index (χ1) is 11.1. The summed E-state index contributed by atoms with van der Waals surface area (Å²) in [7, 11) is 0. The third kappa shape index (κ3) is 3.37. The maximum Gasteiger partial charge on any atom is 0.419 e. The van der Waals surface area contributed by atoms with Gasteiger partial charge in [-0.05, 0) is 31.6 Å². The monoisotopic (exact) mass is 319 g/mol. The predicted octanol–water partition coefficient (Wildman–Crippen LogP) is 3.32. The molecule has 1 aromatic rings. The smallest absolute Gasteiger partial charge is 0.419 e. The molecule has 0 bridgehead atoms. The van der Waals surface area contributed by atoms with E-state index in [0.29, 0.717) is 5.69 Å². The van der Waals surface area contributed by atoms with Crippen molar-refractivity contribution in [3.8, 4) is 0 Å². The van der Waals surface area contributed by atoms with Gasteiger partial charge in [-0.15, -0.1) is 0 Å². The Morgan fingerprint density at radius 1 is 1.13 bits per heavy atom. The third-order valence-electron chi connectivity index (χ3n) is 3.31. The number of rotatable bonds is 5. The Bertz CT molecular complexity index is 613. The Morgan fingerprint density at radius 3 is 2.52 bits per heavy atom. The van der Waals surface area contributed by atoms with Crippen LogP contribution in [0.4, 0.5) is 10.5 Å². The normalized spacial score (nSPS) is 19.2. The van der Waals surface area contributed by atoms with Gasteiger partial charge in [-0.2, -0.15) is 0 Å². The second kappa shape index (κ2) is 7.28. The van der Waals surface area contributed by atoms with Crippen LogP contribution in [0.5, 0.6) is 0 Å². The van der Waals surface area contributed by atoms with E-state index in [9.17, 15) is 9.59 Å². The van der Waals surface area contributed by atoms with E-state index in [2.05, 4.69) is 0 Å². The van der Waals surface area contributed by atoms with Gasteiger partial charge >= 0.3 is 18.0 Å². The third-order valence-corrected chi connectivity index (χ3v) is 3.31. The number of carbonyl (C=O) groups is 2. The van der Waals surface area contributed by atoms with E-state index in [1.54, 1.807) is 45.1 Å². The molecule has 6 heteroatoms. The molecule has 0 fully saturated rings. The highest BCUT2D eigenvalue weighted by molar-refractivity contribution is 5.94. The molecule has 0 spiro atoms. The molecule has 0 saturated heterocycles. The number of benzene rings is 1. The zero-order valence-corrected chi connectivity index (χ0v) is 13.6. The highest BCUT2D eigenvalue weighted by atomic mass is 16.7. The standard InChI is InChI=1S/C17H21NO5/c1-4-15(19)23-17(22-6-3)12-11-13-9-7-8-10-14(13)18(17)16(20)21-5-2/h7-12H,4-6H2,1-3H3. The number of nitrogens with zero attached hydrogens (tertiary/aromatic N) is 1. The van der Waals surface area contributed by atoms with Crippen LogP contribution in [-0.4, -0.2) is 31.2 Å². The topological polar surface area (TPSA) is 65.1 Å². The summed E-state index contributed by atoms with van der Waals surface area (Å²) in [5, 5.41) is 0. The van der Waals surface area contributed by atoms with E-state index in [4.69, 9.17) is 14.2 Å². The average molecular weight is 319 g/mol. The second-order valence-electron chi connectivity index (χ2n) is 4.82. The number of hydrogen-bond donors (Lipinski definition) is 0. The first kappa shape index (κ1) is 17.0. The van der Waals surface area contributed by atoms with Crippen LogP contribution in [0.15, 0.2) is 30.3 Å². The largest absolute Gasteiger partial charge is 0.449 e. The molecule has 1 aliphatic rings. The SMILES string of the molecule is CCOC(=O)N1c2ccccc2C=CC1(OCC)OC(=O)CC. The van der Waals surface area contributed by atoms with Crippen molar-refractivity contribution < 1.29 is 23.8 Å². The van der Waals surface area contributed by atoms with E-state index in [-0.39, 0.29) is 19.6 Å². The highest BCUT2D eigenvalue weighted by Gasteiger charge is 2.47. The molecule has 0 aromatic heterocycles. The van der Waals surface area contributed by atoms with Gasteiger partial charge in [0.15, 0.2) is 0 Å². The van der Waals surface area contributed by atoms with Crippen LogP contribution in [0.25, 0.3) is 6.08 Å². The van der Waals surface area contributed by atoms with E-state index >= 15 is 0 Å². The van der Waals surface area contributed by atoms with E-state index in [1.165, 1.54) is 4.90 Å². The van der Waals surface area contributed by atoms with Crippen molar-refractivity contribution in [3.05, 3.63) is 35.9 Å². The number of hydrogen-bond acceptors (Lipinski definition) is 5. The Labute approximate surface area is 135 Å². The maximum atomic E-state index is 12.5. The fourth-order valence-corrected chi connectivity index (χ4v) is 2.35. The van der Waals surface area contributed by atoms with E-state index in [0.717, 1.165) is 5.56 Å². The summed E-state index contributed by atoms with van der Waals surface area (Å²) in [5.74, 6) is -2.11. The molecule has 0 aliphatic carbocycles. The number of carbonyl (C=O) groups excluding carboxylic acids is 2. The summed E-state index contributed by atoms with van der Waals surface area (Å²) < 4.78 is 16.3. The first-order valence-corrected chi connectivity index (χ1v) is 7.69. The molecular formula is C17H21NO5. The van der Waals surface area contributed by atoms with Crippen molar-refractivity contribution in [1.82, 2.24) is 0 Å². The van der Waals surface area contributed by atoms with Gasteiger partial charge < -0.3 is 14.2 Å².